The Morgan fingerprint density at radius 3 is 2.41 bits per heavy atom. The van der Waals surface area contributed by atoms with E-state index in [0.717, 1.165) is 37.2 Å². The lowest BCUT2D eigenvalue weighted by atomic mass is 9.89. The zero-order valence-corrected chi connectivity index (χ0v) is 19.6. The molecule has 6 heteroatoms. The number of aromatic amines is 1. The van der Waals surface area contributed by atoms with Crippen molar-refractivity contribution in [1.29, 1.82) is 0 Å². The molecule has 0 aliphatic heterocycles. The number of rotatable bonds is 7. The molecule has 3 nitrogen and oxygen atoms in total. The summed E-state index contributed by atoms with van der Waals surface area (Å²) < 4.78 is 38.1. The van der Waals surface area contributed by atoms with Gasteiger partial charge >= 0.3 is 6.18 Å². The number of aromatic nitrogens is 1. The van der Waals surface area contributed by atoms with Gasteiger partial charge in [-0.1, -0.05) is 37.5 Å². The second kappa shape index (κ2) is 10.1. The zero-order chi connectivity index (χ0) is 23.5. The first-order valence-corrected chi connectivity index (χ1v) is 12.7. The van der Waals surface area contributed by atoms with Crippen molar-refractivity contribution in [2.45, 2.75) is 82.6 Å². The van der Waals surface area contributed by atoms with Gasteiger partial charge in [0.2, 0.25) is 0 Å². The summed E-state index contributed by atoms with van der Waals surface area (Å²) in [5.74, 6) is 0. The molecular weight excluding hydrogens is 435 g/mol. The third-order valence-electron chi connectivity index (χ3n) is 7.51. The number of fused-ring (bicyclic) bond motifs is 3. The van der Waals surface area contributed by atoms with Gasteiger partial charge in [0.05, 0.1) is 5.56 Å². The predicted octanol–water partition coefficient (Wildman–Crippen LogP) is 6.82. The summed E-state index contributed by atoms with van der Waals surface area (Å²) in [6, 6.07) is 13.2. The molecule has 182 valence electrons. The van der Waals surface area contributed by atoms with Crippen LogP contribution in [0.25, 0.3) is 10.9 Å². The first-order valence-electron chi connectivity index (χ1n) is 12.7. The molecule has 2 aliphatic carbocycles. The van der Waals surface area contributed by atoms with E-state index in [9.17, 15) is 13.2 Å². The molecule has 0 spiro atoms. The maximum absolute atomic E-state index is 12.7. The Labute approximate surface area is 199 Å². The summed E-state index contributed by atoms with van der Waals surface area (Å²) in [6.07, 6.45) is 6.65. The van der Waals surface area contributed by atoms with Crippen LogP contribution in [0.15, 0.2) is 42.5 Å². The molecule has 1 atom stereocenters. The SMILES string of the molecule is FC(F)(F)c1ccc(CCNCc2ccc3[nH]c4c(c3c2)CCCC4NC2CCCCC2)cc1. The van der Waals surface area contributed by atoms with E-state index in [1.807, 2.05) is 0 Å². The summed E-state index contributed by atoms with van der Waals surface area (Å²) in [5.41, 5.74) is 5.64. The van der Waals surface area contributed by atoms with Crippen LogP contribution in [0.5, 0.6) is 0 Å². The van der Waals surface area contributed by atoms with Crippen molar-refractivity contribution in [2.24, 2.45) is 0 Å². The lowest BCUT2D eigenvalue weighted by Gasteiger charge is -2.31. The Morgan fingerprint density at radius 2 is 1.65 bits per heavy atom. The number of hydrogen-bond donors (Lipinski definition) is 3. The monoisotopic (exact) mass is 469 g/mol. The standard InChI is InChI=1S/C28H34F3N3/c29-28(30,31)21-12-9-19(10-13-21)15-16-32-18-20-11-14-25-24(17-20)23-7-4-8-26(27(23)34-25)33-22-5-2-1-3-6-22/h9-14,17,22,26,32-34H,1-8,15-16,18H2. The highest BCUT2D eigenvalue weighted by Gasteiger charge is 2.30. The Morgan fingerprint density at radius 1 is 0.882 bits per heavy atom. The fourth-order valence-corrected chi connectivity index (χ4v) is 5.67. The number of benzene rings is 2. The minimum atomic E-state index is -4.28. The molecule has 1 fully saturated rings. The highest BCUT2D eigenvalue weighted by Crippen LogP contribution is 2.36. The molecule has 0 saturated heterocycles. The number of nitrogens with one attached hydrogen (secondary N) is 3. The van der Waals surface area contributed by atoms with Crippen molar-refractivity contribution in [3.05, 3.63) is 70.4 Å². The van der Waals surface area contributed by atoms with Crippen molar-refractivity contribution < 1.29 is 13.2 Å². The Kier molecular flexibility index (Phi) is 6.98. The average Bonchev–Trinajstić information content (AvgIpc) is 3.21. The van der Waals surface area contributed by atoms with E-state index in [-0.39, 0.29) is 0 Å². The Bertz CT molecular complexity index is 1090. The molecule has 1 saturated carbocycles. The predicted molar refractivity (Wildman–Crippen MR) is 131 cm³/mol. The summed E-state index contributed by atoms with van der Waals surface area (Å²) in [6.45, 7) is 1.47. The first-order chi connectivity index (χ1) is 16.5. The lowest BCUT2D eigenvalue weighted by molar-refractivity contribution is -0.137. The van der Waals surface area contributed by atoms with E-state index >= 15 is 0 Å². The van der Waals surface area contributed by atoms with Crippen LogP contribution >= 0.6 is 0 Å². The van der Waals surface area contributed by atoms with Crippen molar-refractivity contribution in [2.75, 3.05) is 6.54 Å². The first kappa shape index (κ1) is 23.4. The maximum Gasteiger partial charge on any atom is 0.416 e. The molecular formula is C28H34F3N3. The van der Waals surface area contributed by atoms with E-state index < -0.39 is 11.7 Å². The largest absolute Gasteiger partial charge is 0.416 e. The quantitative estimate of drug-likeness (QED) is 0.332. The van der Waals surface area contributed by atoms with Gasteiger partial charge in [0.15, 0.2) is 0 Å². The third kappa shape index (κ3) is 5.33. The highest BCUT2D eigenvalue weighted by atomic mass is 19.4. The Hall–Kier alpha value is -2.31. The van der Waals surface area contributed by atoms with Crippen molar-refractivity contribution in [1.82, 2.24) is 15.6 Å². The molecule has 2 aliphatic rings. The van der Waals surface area contributed by atoms with Gasteiger partial charge in [-0.05, 0) is 86.0 Å². The normalized spacial score (nSPS) is 19.4. The fourth-order valence-electron chi connectivity index (χ4n) is 5.67. The van der Waals surface area contributed by atoms with Gasteiger partial charge in [0.25, 0.3) is 0 Å². The van der Waals surface area contributed by atoms with Gasteiger partial charge in [-0.25, -0.2) is 0 Å². The molecule has 0 amide bonds. The van der Waals surface area contributed by atoms with Crippen LogP contribution in [0.1, 0.15) is 78.9 Å². The van der Waals surface area contributed by atoms with Gasteiger partial charge < -0.3 is 15.6 Å². The van der Waals surface area contributed by atoms with Gasteiger partial charge in [-0.3, -0.25) is 0 Å². The van der Waals surface area contributed by atoms with Gasteiger partial charge in [-0.15, -0.1) is 0 Å². The van der Waals surface area contributed by atoms with Crippen LogP contribution in [0.2, 0.25) is 0 Å². The molecule has 1 aromatic heterocycles. The molecule has 0 radical (unpaired) electrons. The van der Waals surface area contributed by atoms with Crippen LogP contribution in [0.4, 0.5) is 13.2 Å². The number of halogens is 3. The van der Waals surface area contributed by atoms with Crippen molar-refractivity contribution >= 4 is 10.9 Å². The summed E-state index contributed by atoms with van der Waals surface area (Å²) >= 11 is 0. The molecule has 3 N–H and O–H groups in total. The van der Waals surface area contributed by atoms with E-state index in [2.05, 4.69) is 33.8 Å². The molecule has 0 bridgehead atoms. The topological polar surface area (TPSA) is 39.9 Å². The summed E-state index contributed by atoms with van der Waals surface area (Å²) in [7, 11) is 0. The number of H-pyrrole nitrogens is 1. The number of hydrogen-bond acceptors (Lipinski definition) is 2. The number of aryl methyl sites for hydroxylation is 1. The molecule has 34 heavy (non-hydrogen) atoms. The molecule has 1 unspecified atom stereocenters. The van der Waals surface area contributed by atoms with Crippen LogP contribution in [0, 0.1) is 0 Å². The number of alkyl halides is 3. The fraction of sp³-hybridized carbons (Fsp3) is 0.500. The summed E-state index contributed by atoms with van der Waals surface area (Å²) in [4.78, 5) is 3.72. The van der Waals surface area contributed by atoms with E-state index in [4.69, 9.17) is 0 Å². The molecule has 1 heterocycles. The zero-order valence-electron chi connectivity index (χ0n) is 19.6. The van der Waals surface area contributed by atoms with Crippen molar-refractivity contribution in [3.63, 3.8) is 0 Å². The molecule has 3 aromatic rings. The van der Waals surface area contributed by atoms with E-state index in [0.29, 0.717) is 18.5 Å². The van der Waals surface area contributed by atoms with E-state index in [1.54, 1.807) is 12.1 Å². The van der Waals surface area contributed by atoms with Crippen LogP contribution in [-0.4, -0.2) is 17.6 Å². The van der Waals surface area contributed by atoms with Gasteiger partial charge in [0, 0.05) is 35.2 Å². The maximum atomic E-state index is 12.7. The third-order valence-corrected chi connectivity index (χ3v) is 7.51. The Balaban J connectivity index is 1.20. The minimum Gasteiger partial charge on any atom is -0.357 e. The minimum absolute atomic E-state index is 0.435. The average molecular weight is 470 g/mol. The highest BCUT2D eigenvalue weighted by molar-refractivity contribution is 5.85. The van der Waals surface area contributed by atoms with Gasteiger partial charge in [-0.2, -0.15) is 13.2 Å². The smallest absolute Gasteiger partial charge is 0.357 e. The summed E-state index contributed by atoms with van der Waals surface area (Å²) in [5, 5.41) is 8.74. The van der Waals surface area contributed by atoms with Crippen LogP contribution in [-0.2, 0) is 25.6 Å². The lowest BCUT2D eigenvalue weighted by Crippen LogP contribution is -2.36. The van der Waals surface area contributed by atoms with Crippen molar-refractivity contribution in [3.8, 4) is 0 Å². The molecule has 5 rings (SSSR count). The second-order valence-corrected chi connectivity index (χ2v) is 9.97. The van der Waals surface area contributed by atoms with E-state index in [1.165, 1.54) is 72.7 Å². The van der Waals surface area contributed by atoms with Crippen LogP contribution < -0.4 is 10.6 Å². The molecule has 2 aromatic carbocycles. The van der Waals surface area contributed by atoms with Gasteiger partial charge in [0.1, 0.15) is 0 Å². The second-order valence-electron chi connectivity index (χ2n) is 9.97. The van der Waals surface area contributed by atoms with Crippen LogP contribution in [0.3, 0.4) is 0 Å².